The molecule has 0 aliphatic heterocycles. The third kappa shape index (κ3) is 3.09. The Morgan fingerprint density at radius 3 is 3.04 bits per heavy atom. The summed E-state index contributed by atoms with van der Waals surface area (Å²) >= 11 is 0. The minimum atomic E-state index is -0.284. The number of nitrogens with two attached hydrogens (primary N) is 1. The number of methoxy groups -OCH3 is 1. The lowest BCUT2D eigenvalue weighted by atomic mass is 10.0. The smallest absolute Gasteiger partial charge is 0.307 e. The maximum absolute atomic E-state index is 11.8. The normalized spacial score (nSPS) is 12.4. The molecule has 0 bridgehead atoms. The highest BCUT2D eigenvalue weighted by Crippen LogP contribution is 2.25. The minimum Gasteiger partial charge on any atom is -0.469 e. The van der Waals surface area contributed by atoms with Gasteiger partial charge >= 0.3 is 5.97 Å². The van der Waals surface area contributed by atoms with E-state index in [-0.39, 0.29) is 18.4 Å². The molecule has 3 rings (SSSR count). The van der Waals surface area contributed by atoms with Crippen molar-refractivity contribution in [3.8, 4) is 0 Å². The van der Waals surface area contributed by atoms with Crippen molar-refractivity contribution in [3.05, 3.63) is 47.9 Å². The molecule has 2 aromatic heterocycles. The first-order chi connectivity index (χ1) is 11.2. The number of aromatic nitrogens is 4. The Morgan fingerprint density at radius 2 is 2.26 bits per heavy atom. The van der Waals surface area contributed by atoms with Gasteiger partial charge in [0.15, 0.2) is 0 Å². The summed E-state index contributed by atoms with van der Waals surface area (Å²) in [5, 5.41) is 9.15. The van der Waals surface area contributed by atoms with Crippen LogP contribution < -0.4 is 5.73 Å². The van der Waals surface area contributed by atoms with Crippen LogP contribution in [0.2, 0.25) is 0 Å². The number of carbonyl (C=O) groups excluding carboxylic acids is 1. The second kappa shape index (κ2) is 6.62. The summed E-state index contributed by atoms with van der Waals surface area (Å²) in [6.07, 6.45) is 4.44. The maximum Gasteiger partial charge on any atom is 0.307 e. The molecular formula is C16H19N5O2. The van der Waals surface area contributed by atoms with Crippen molar-refractivity contribution in [1.29, 1.82) is 0 Å². The van der Waals surface area contributed by atoms with Crippen LogP contribution in [0.1, 0.15) is 23.7 Å². The highest BCUT2D eigenvalue weighted by molar-refractivity contribution is 5.83. The van der Waals surface area contributed by atoms with E-state index >= 15 is 0 Å². The van der Waals surface area contributed by atoms with E-state index in [0.717, 1.165) is 22.2 Å². The minimum absolute atomic E-state index is 0.192. The fourth-order valence-corrected chi connectivity index (χ4v) is 2.79. The van der Waals surface area contributed by atoms with Crippen LogP contribution >= 0.6 is 0 Å². The number of hydrogen-bond acceptors (Lipinski definition) is 5. The number of nitrogens with one attached hydrogen (secondary N) is 1. The molecule has 2 heterocycles. The van der Waals surface area contributed by atoms with Gasteiger partial charge in [0, 0.05) is 23.6 Å². The fourth-order valence-electron chi connectivity index (χ4n) is 2.79. The molecule has 0 saturated carbocycles. The lowest BCUT2D eigenvalue weighted by Gasteiger charge is -2.17. The van der Waals surface area contributed by atoms with E-state index in [1.807, 2.05) is 24.4 Å². The summed E-state index contributed by atoms with van der Waals surface area (Å²) < 4.78 is 6.54. The number of carbonyl (C=O) groups is 1. The van der Waals surface area contributed by atoms with Crippen LogP contribution in [0.25, 0.3) is 10.9 Å². The number of H-pyrrole nitrogens is 1. The molecule has 0 radical (unpaired) electrons. The predicted octanol–water partition coefficient (Wildman–Crippen LogP) is 1.56. The molecule has 0 aliphatic carbocycles. The summed E-state index contributed by atoms with van der Waals surface area (Å²) in [7, 11) is 1.39. The quantitative estimate of drug-likeness (QED) is 0.673. The van der Waals surface area contributed by atoms with Crippen molar-refractivity contribution < 1.29 is 9.53 Å². The van der Waals surface area contributed by atoms with Crippen molar-refractivity contribution in [2.75, 3.05) is 7.11 Å². The molecule has 7 heteroatoms. The Morgan fingerprint density at radius 1 is 1.43 bits per heavy atom. The molecule has 0 fully saturated rings. The Hall–Kier alpha value is -2.67. The monoisotopic (exact) mass is 313 g/mol. The van der Waals surface area contributed by atoms with Gasteiger partial charge in [0.1, 0.15) is 0 Å². The van der Waals surface area contributed by atoms with Gasteiger partial charge in [-0.05, 0) is 18.1 Å². The van der Waals surface area contributed by atoms with Gasteiger partial charge in [-0.25, -0.2) is 4.68 Å². The Bertz CT molecular complexity index is 808. The lowest BCUT2D eigenvalue weighted by molar-refractivity contribution is -0.141. The molecule has 0 aliphatic rings. The topological polar surface area (TPSA) is 98.8 Å². The van der Waals surface area contributed by atoms with Gasteiger partial charge in [-0.3, -0.25) is 4.79 Å². The van der Waals surface area contributed by atoms with Gasteiger partial charge in [0.05, 0.1) is 31.5 Å². The second-order valence-corrected chi connectivity index (χ2v) is 5.37. The molecule has 0 spiro atoms. The number of rotatable bonds is 6. The summed E-state index contributed by atoms with van der Waals surface area (Å²) in [5.74, 6) is -0.284. The van der Waals surface area contributed by atoms with Crippen LogP contribution in [0.4, 0.5) is 0 Å². The van der Waals surface area contributed by atoms with E-state index in [4.69, 9.17) is 10.5 Å². The number of para-hydroxylation sites is 1. The third-order valence-corrected chi connectivity index (χ3v) is 3.96. The average Bonchev–Trinajstić information content (AvgIpc) is 3.21. The molecule has 0 amide bonds. The molecular weight excluding hydrogens is 294 g/mol. The standard InChI is InChI=1S/C16H19N5O2/c1-23-16(22)7-12(21-13(8-17)10-19-20-21)6-11-9-18-15-5-3-2-4-14(11)15/h2-5,9-10,12,18H,6-8,17H2,1H3/t12-/m1/s1. The summed E-state index contributed by atoms with van der Waals surface area (Å²) in [5.41, 5.74) is 8.71. The lowest BCUT2D eigenvalue weighted by Crippen LogP contribution is -2.21. The Labute approximate surface area is 133 Å². The summed E-state index contributed by atoms with van der Waals surface area (Å²) in [4.78, 5) is 15.0. The van der Waals surface area contributed by atoms with Gasteiger partial charge in [0.2, 0.25) is 0 Å². The van der Waals surface area contributed by atoms with Crippen molar-refractivity contribution in [2.45, 2.75) is 25.4 Å². The number of nitrogens with zero attached hydrogens (tertiary/aromatic N) is 3. The largest absolute Gasteiger partial charge is 0.469 e. The molecule has 1 aromatic carbocycles. The van der Waals surface area contributed by atoms with Crippen LogP contribution in [0.3, 0.4) is 0 Å². The van der Waals surface area contributed by atoms with Gasteiger partial charge in [-0.15, -0.1) is 5.10 Å². The van der Waals surface area contributed by atoms with Crippen LogP contribution in [-0.2, 0) is 22.5 Å². The highest BCUT2D eigenvalue weighted by atomic mass is 16.5. The molecule has 3 N–H and O–H groups in total. The molecule has 0 saturated heterocycles. The van der Waals surface area contributed by atoms with E-state index in [0.29, 0.717) is 13.0 Å². The van der Waals surface area contributed by atoms with Crippen LogP contribution in [-0.4, -0.2) is 33.1 Å². The van der Waals surface area contributed by atoms with Gasteiger partial charge < -0.3 is 15.5 Å². The molecule has 7 nitrogen and oxygen atoms in total. The average molecular weight is 313 g/mol. The number of benzene rings is 1. The van der Waals surface area contributed by atoms with Gasteiger partial charge in [-0.1, -0.05) is 23.4 Å². The molecule has 3 aromatic rings. The van der Waals surface area contributed by atoms with Crippen molar-refractivity contribution >= 4 is 16.9 Å². The molecule has 23 heavy (non-hydrogen) atoms. The number of ether oxygens (including phenoxy) is 1. The van der Waals surface area contributed by atoms with Crippen molar-refractivity contribution in [3.63, 3.8) is 0 Å². The van der Waals surface area contributed by atoms with Crippen LogP contribution in [0.15, 0.2) is 36.7 Å². The first-order valence-corrected chi connectivity index (χ1v) is 7.44. The molecule has 120 valence electrons. The fraction of sp³-hybridized carbons (Fsp3) is 0.312. The number of esters is 1. The van der Waals surface area contributed by atoms with Gasteiger partial charge in [0.25, 0.3) is 0 Å². The van der Waals surface area contributed by atoms with Crippen molar-refractivity contribution in [1.82, 2.24) is 20.0 Å². The summed E-state index contributed by atoms with van der Waals surface area (Å²) in [6.45, 7) is 0.318. The molecule has 1 atom stereocenters. The van der Waals surface area contributed by atoms with Crippen LogP contribution in [0.5, 0.6) is 0 Å². The zero-order valence-corrected chi connectivity index (χ0v) is 12.9. The Balaban J connectivity index is 1.93. The van der Waals surface area contributed by atoms with E-state index < -0.39 is 0 Å². The summed E-state index contributed by atoms with van der Waals surface area (Å²) in [6, 6.07) is 7.87. The zero-order valence-electron chi connectivity index (χ0n) is 12.9. The van der Waals surface area contributed by atoms with E-state index in [9.17, 15) is 4.79 Å². The van der Waals surface area contributed by atoms with Gasteiger partial charge in [-0.2, -0.15) is 0 Å². The Kier molecular flexibility index (Phi) is 4.38. The third-order valence-electron chi connectivity index (χ3n) is 3.96. The zero-order chi connectivity index (χ0) is 16.2. The maximum atomic E-state index is 11.8. The molecule has 0 unspecified atom stereocenters. The number of hydrogen-bond donors (Lipinski definition) is 2. The highest BCUT2D eigenvalue weighted by Gasteiger charge is 2.21. The van der Waals surface area contributed by atoms with E-state index in [1.54, 1.807) is 10.9 Å². The van der Waals surface area contributed by atoms with E-state index in [2.05, 4.69) is 21.4 Å². The SMILES string of the molecule is COC(=O)C[C@@H](Cc1c[nH]c2ccccc12)n1nncc1CN. The first-order valence-electron chi connectivity index (χ1n) is 7.44. The first kappa shape index (κ1) is 15.2. The van der Waals surface area contributed by atoms with Crippen molar-refractivity contribution in [2.24, 2.45) is 5.73 Å². The predicted molar refractivity (Wildman–Crippen MR) is 85.6 cm³/mol. The van der Waals surface area contributed by atoms with E-state index in [1.165, 1.54) is 7.11 Å². The van der Waals surface area contributed by atoms with Crippen LogP contribution in [0, 0.1) is 0 Å². The number of fused-ring (bicyclic) bond motifs is 1. The number of aromatic amines is 1. The second-order valence-electron chi connectivity index (χ2n) is 5.37.